The smallest absolute Gasteiger partial charge is 0.325 e. The Labute approximate surface area is 169 Å². The van der Waals surface area contributed by atoms with Crippen molar-refractivity contribution in [2.45, 2.75) is 13.8 Å². The van der Waals surface area contributed by atoms with Crippen LogP contribution in [0, 0.1) is 0 Å². The number of amides is 4. The highest BCUT2D eigenvalue weighted by Gasteiger charge is 2.30. The number of nitrogens with one attached hydrogen (secondary N) is 2. The minimum atomic E-state index is -0.299. The zero-order valence-electron chi connectivity index (χ0n) is 16.5. The molecule has 1 heterocycles. The molecule has 0 atom stereocenters. The van der Waals surface area contributed by atoms with E-state index in [0.29, 0.717) is 31.1 Å². The predicted molar refractivity (Wildman–Crippen MR) is 111 cm³/mol. The predicted octanol–water partition coefficient (Wildman–Crippen LogP) is 2.92. The average molecular weight is 396 g/mol. The monoisotopic (exact) mass is 396 g/mol. The van der Waals surface area contributed by atoms with Gasteiger partial charge in [-0.3, -0.25) is 14.5 Å². The first kappa shape index (κ1) is 20.2. The highest BCUT2D eigenvalue weighted by Crippen LogP contribution is 2.23. The third-order valence-electron chi connectivity index (χ3n) is 4.36. The maximum Gasteiger partial charge on any atom is 0.325 e. The molecule has 0 radical (unpaired) electrons. The third kappa shape index (κ3) is 5.25. The van der Waals surface area contributed by atoms with Crippen molar-refractivity contribution in [3.8, 4) is 5.75 Å². The van der Waals surface area contributed by atoms with Crippen molar-refractivity contribution in [3.63, 3.8) is 0 Å². The van der Waals surface area contributed by atoms with Gasteiger partial charge < -0.3 is 20.3 Å². The Kier molecular flexibility index (Phi) is 6.33. The zero-order chi connectivity index (χ0) is 20.8. The number of hydrogen-bond acceptors (Lipinski definition) is 4. The van der Waals surface area contributed by atoms with Gasteiger partial charge in [-0.15, -0.1) is 0 Å². The molecule has 29 heavy (non-hydrogen) atoms. The van der Waals surface area contributed by atoms with Gasteiger partial charge in [-0.1, -0.05) is 6.07 Å². The summed E-state index contributed by atoms with van der Waals surface area (Å²) >= 11 is 0. The van der Waals surface area contributed by atoms with Gasteiger partial charge in [0.1, 0.15) is 12.3 Å². The molecule has 0 unspecified atom stereocenters. The summed E-state index contributed by atoms with van der Waals surface area (Å²) in [6.07, 6.45) is 0. The number of anilines is 3. The molecule has 0 aromatic heterocycles. The molecular weight excluding hydrogens is 372 g/mol. The lowest BCUT2D eigenvalue weighted by Gasteiger charge is -2.19. The maximum atomic E-state index is 12.7. The number of ether oxygens (including phenoxy) is 1. The summed E-state index contributed by atoms with van der Waals surface area (Å²) < 4.78 is 5.42. The third-order valence-corrected chi connectivity index (χ3v) is 4.36. The van der Waals surface area contributed by atoms with Crippen LogP contribution < -0.4 is 20.3 Å². The molecule has 4 amide bonds. The van der Waals surface area contributed by atoms with Crippen molar-refractivity contribution >= 4 is 34.9 Å². The molecular formula is C21H24N4O4. The molecule has 1 saturated heterocycles. The van der Waals surface area contributed by atoms with E-state index in [1.165, 1.54) is 11.8 Å². The molecule has 1 aliphatic heterocycles. The number of nitrogens with zero attached hydrogens (tertiary/aromatic N) is 2. The molecule has 8 heteroatoms. The van der Waals surface area contributed by atoms with E-state index in [0.717, 1.165) is 11.4 Å². The fourth-order valence-corrected chi connectivity index (χ4v) is 3.11. The molecule has 2 aromatic rings. The summed E-state index contributed by atoms with van der Waals surface area (Å²) in [4.78, 5) is 39.4. The second-order valence-corrected chi connectivity index (χ2v) is 6.59. The second-order valence-electron chi connectivity index (χ2n) is 6.59. The highest BCUT2D eigenvalue weighted by atomic mass is 16.5. The van der Waals surface area contributed by atoms with Crippen molar-refractivity contribution in [1.82, 2.24) is 4.90 Å². The van der Waals surface area contributed by atoms with Crippen LogP contribution in [0.1, 0.15) is 13.8 Å². The highest BCUT2D eigenvalue weighted by molar-refractivity contribution is 5.99. The van der Waals surface area contributed by atoms with Crippen molar-refractivity contribution in [1.29, 1.82) is 0 Å². The lowest BCUT2D eigenvalue weighted by Crippen LogP contribution is -2.37. The van der Waals surface area contributed by atoms with Crippen LogP contribution >= 0.6 is 0 Å². The Balaban J connectivity index is 1.57. The Hall–Kier alpha value is -3.55. The summed E-state index contributed by atoms with van der Waals surface area (Å²) in [7, 11) is 0. The van der Waals surface area contributed by atoms with E-state index >= 15 is 0 Å². The molecule has 0 aliphatic carbocycles. The average Bonchev–Trinajstić information content (AvgIpc) is 3.03. The largest absolute Gasteiger partial charge is 0.494 e. The Morgan fingerprint density at radius 1 is 1.03 bits per heavy atom. The first-order valence-electron chi connectivity index (χ1n) is 9.43. The number of carbonyl (C=O) groups excluding carboxylic acids is 3. The molecule has 0 spiro atoms. The summed E-state index contributed by atoms with van der Waals surface area (Å²) in [5, 5.41) is 5.42. The van der Waals surface area contributed by atoms with Gasteiger partial charge >= 0.3 is 6.03 Å². The van der Waals surface area contributed by atoms with Gasteiger partial charge in [0.05, 0.1) is 6.61 Å². The van der Waals surface area contributed by atoms with Gasteiger partial charge in [-0.2, -0.15) is 0 Å². The van der Waals surface area contributed by atoms with E-state index in [9.17, 15) is 14.4 Å². The van der Waals surface area contributed by atoms with Crippen molar-refractivity contribution < 1.29 is 19.1 Å². The van der Waals surface area contributed by atoms with Crippen LogP contribution in [-0.2, 0) is 9.59 Å². The molecule has 8 nitrogen and oxygen atoms in total. The fraction of sp³-hybridized carbons (Fsp3) is 0.286. The van der Waals surface area contributed by atoms with E-state index in [4.69, 9.17) is 4.74 Å². The molecule has 1 fully saturated rings. The number of urea groups is 1. The lowest BCUT2D eigenvalue weighted by molar-refractivity contribution is -0.116. The van der Waals surface area contributed by atoms with Crippen molar-refractivity contribution in [3.05, 3.63) is 48.5 Å². The summed E-state index contributed by atoms with van der Waals surface area (Å²) in [6.45, 7) is 4.84. The Morgan fingerprint density at radius 3 is 2.38 bits per heavy atom. The SMILES string of the molecule is CCOc1ccc(N2CCN(CC(=O)Nc3cccc(NC(C)=O)c3)C2=O)cc1. The van der Waals surface area contributed by atoms with Gasteiger partial charge in [0.2, 0.25) is 11.8 Å². The van der Waals surface area contributed by atoms with Gasteiger partial charge in [0.15, 0.2) is 0 Å². The van der Waals surface area contributed by atoms with Gasteiger partial charge in [-0.05, 0) is 49.4 Å². The molecule has 2 N–H and O–H groups in total. The van der Waals surface area contributed by atoms with E-state index in [1.54, 1.807) is 29.2 Å². The van der Waals surface area contributed by atoms with Crippen LogP contribution in [0.15, 0.2) is 48.5 Å². The van der Waals surface area contributed by atoms with Crippen LogP contribution in [0.3, 0.4) is 0 Å². The topological polar surface area (TPSA) is 91.0 Å². The van der Waals surface area contributed by atoms with Crippen LogP contribution in [-0.4, -0.2) is 49.0 Å². The molecule has 3 rings (SSSR count). The van der Waals surface area contributed by atoms with Crippen molar-refractivity contribution in [2.75, 3.05) is 41.8 Å². The van der Waals surface area contributed by atoms with E-state index in [2.05, 4.69) is 10.6 Å². The summed E-state index contributed by atoms with van der Waals surface area (Å²) in [6, 6.07) is 14.0. The van der Waals surface area contributed by atoms with Crippen LogP contribution in [0.5, 0.6) is 5.75 Å². The van der Waals surface area contributed by atoms with E-state index in [1.807, 2.05) is 31.2 Å². The van der Waals surface area contributed by atoms with Gasteiger partial charge in [-0.25, -0.2) is 4.79 Å². The fourth-order valence-electron chi connectivity index (χ4n) is 3.11. The number of rotatable bonds is 7. The zero-order valence-corrected chi connectivity index (χ0v) is 16.5. The minimum absolute atomic E-state index is 0.0449. The molecule has 1 aliphatic rings. The Morgan fingerprint density at radius 2 is 1.72 bits per heavy atom. The molecule has 152 valence electrons. The van der Waals surface area contributed by atoms with Crippen LogP contribution in [0.2, 0.25) is 0 Å². The second kappa shape index (κ2) is 9.09. The van der Waals surface area contributed by atoms with E-state index < -0.39 is 0 Å². The summed E-state index contributed by atoms with van der Waals surface area (Å²) in [5.74, 6) is 0.262. The maximum absolute atomic E-state index is 12.7. The lowest BCUT2D eigenvalue weighted by atomic mass is 10.2. The normalized spacial score (nSPS) is 13.4. The van der Waals surface area contributed by atoms with Crippen LogP contribution in [0.4, 0.5) is 21.9 Å². The molecule has 0 saturated carbocycles. The molecule has 2 aromatic carbocycles. The van der Waals surface area contributed by atoms with E-state index in [-0.39, 0.29) is 24.4 Å². The first-order valence-corrected chi connectivity index (χ1v) is 9.43. The number of hydrogen-bond donors (Lipinski definition) is 2. The van der Waals surface area contributed by atoms with Gasteiger partial charge in [0, 0.05) is 37.1 Å². The number of benzene rings is 2. The van der Waals surface area contributed by atoms with Gasteiger partial charge in [0.25, 0.3) is 0 Å². The summed E-state index contributed by atoms with van der Waals surface area (Å²) in [5.41, 5.74) is 1.91. The standard InChI is InChI=1S/C21H24N4O4/c1-3-29-19-9-7-18(8-10-19)25-12-11-24(21(25)28)14-20(27)23-17-6-4-5-16(13-17)22-15(2)26/h4-10,13H,3,11-12,14H2,1-2H3,(H,22,26)(H,23,27). The first-order chi connectivity index (χ1) is 14.0. The molecule has 0 bridgehead atoms. The minimum Gasteiger partial charge on any atom is -0.494 e. The van der Waals surface area contributed by atoms with Crippen LogP contribution in [0.25, 0.3) is 0 Å². The number of carbonyl (C=O) groups is 3. The van der Waals surface area contributed by atoms with Crippen molar-refractivity contribution in [2.24, 2.45) is 0 Å². The quantitative estimate of drug-likeness (QED) is 0.753. The Bertz CT molecular complexity index is 898.